The fourth-order valence-electron chi connectivity index (χ4n) is 8.81. The molecule has 2 heteroatoms. The van der Waals surface area contributed by atoms with Crippen molar-refractivity contribution in [3.63, 3.8) is 0 Å². The number of fused-ring (bicyclic) bond motifs is 4. The normalized spacial score (nSPS) is 24.9. The van der Waals surface area contributed by atoms with E-state index >= 15 is 0 Å². The molecular weight excluding hydrogens is 581 g/mol. The Labute approximate surface area is 287 Å². The van der Waals surface area contributed by atoms with Crippen molar-refractivity contribution < 1.29 is 0 Å². The van der Waals surface area contributed by atoms with Crippen LogP contribution in [0.2, 0.25) is 0 Å². The molecule has 0 bridgehead atoms. The van der Waals surface area contributed by atoms with Crippen molar-refractivity contribution in [1.29, 1.82) is 0 Å². The summed E-state index contributed by atoms with van der Waals surface area (Å²) in [6.45, 7) is 9.75. The number of allylic oxidation sites excluding steroid dienone is 9. The minimum absolute atomic E-state index is 0.160. The summed E-state index contributed by atoms with van der Waals surface area (Å²) in [5.74, 6) is 1.12. The standard InChI is InChI=1S/C46H48N2/c1-32-27-28-38-40(29-32)44(48(36-22-12-7-13-23-36)43-26-15-14-17-33(43)2)31-42-45(38)39-25-16-24-37(30-41(39)46(42,3)4)47(34-18-8-5-9-19-34)35-20-10-6-11-21-35/h5-13,15-16,18-22,25-28,30-33,36,43H,14,17,23-24,29H2,1-4H3. The van der Waals surface area contributed by atoms with Gasteiger partial charge in [-0.2, -0.15) is 0 Å². The van der Waals surface area contributed by atoms with Crippen LogP contribution in [0, 0.1) is 11.8 Å². The maximum absolute atomic E-state index is 2.81. The zero-order valence-electron chi connectivity index (χ0n) is 28.9. The Morgan fingerprint density at radius 2 is 1.54 bits per heavy atom. The Morgan fingerprint density at radius 3 is 2.23 bits per heavy atom. The largest absolute Gasteiger partial charge is 0.358 e. The van der Waals surface area contributed by atoms with Crippen LogP contribution in [0.4, 0.5) is 17.1 Å². The van der Waals surface area contributed by atoms with Gasteiger partial charge in [-0.15, -0.1) is 0 Å². The summed E-state index contributed by atoms with van der Waals surface area (Å²) < 4.78 is 0. The van der Waals surface area contributed by atoms with Crippen LogP contribution in [0.15, 0.2) is 139 Å². The van der Waals surface area contributed by atoms with E-state index in [1.807, 2.05) is 0 Å². The number of rotatable bonds is 6. The predicted octanol–water partition coefficient (Wildman–Crippen LogP) is 11.7. The number of benzene rings is 3. The molecule has 0 fully saturated rings. The lowest BCUT2D eigenvalue weighted by molar-refractivity contribution is 0.422. The lowest BCUT2D eigenvalue weighted by Gasteiger charge is -2.44. The van der Waals surface area contributed by atoms with Crippen molar-refractivity contribution in [3.8, 4) is 0 Å². The van der Waals surface area contributed by atoms with Crippen molar-refractivity contribution in [3.05, 3.63) is 161 Å². The highest BCUT2D eigenvalue weighted by atomic mass is 15.2. The van der Waals surface area contributed by atoms with E-state index in [0.29, 0.717) is 23.9 Å². The molecule has 0 N–H and O–H groups in total. The van der Waals surface area contributed by atoms with Gasteiger partial charge >= 0.3 is 0 Å². The summed E-state index contributed by atoms with van der Waals surface area (Å²) >= 11 is 0. The summed E-state index contributed by atoms with van der Waals surface area (Å²) in [6, 6.07) is 25.1. The molecule has 2 nitrogen and oxygen atoms in total. The molecule has 5 aliphatic carbocycles. The van der Waals surface area contributed by atoms with Crippen LogP contribution < -0.4 is 9.80 Å². The lowest BCUT2D eigenvalue weighted by atomic mass is 9.77. The number of hydrogen-bond acceptors (Lipinski definition) is 2. The molecule has 3 aromatic carbocycles. The molecule has 5 aliphatic rings. The first-order valence-corrected chi connectivity index (χ1v) is 18.1. The molecule has 0 amide bonds. The van der Waals surface area contributed by atoms with E-state index < -0.39 is 0 Å². The molecule has 242 valence electrons. The van der Waals surface area contributed by atoms with E-state index in [1.165, 1.54) is 69.0 Å². The van der Waals surface area contributed by atoms with E-state index in [2.05, 4.69) is 171 Å². The summed E-state index contributed by atoms with van der Waals surface area (Å²) in [5, 5.41) is 0. The van der Waals surface area contributed by atoms with Crippen LogP contribution in [-0.4, -0.2) is 12.1 Å². The Balaban J connectivity index is 1.32. The molecule has 48 heavy (non-hydrogen) atoms. The minimum atomic E-state index is -0.160. The first-order chi connectivity index (χ1) is 23.4. The quantitative estimate of drug-likeness (QED) is 0.251. The van der Waals surface area contributed by atoms with Gasteiger partial charge in [0.25, 0.3) is 0 Å². The third-order valence-corrected chi connectivity index (χ3v) is 11.3. The molecule has 0 heterocycles. The van der Waals surface area contributed by atoms with Crippen LogP contribution in [0.1, 0.15) is 75.6 Å². The zero-order chi connectivity index (χ0) is 32.8. The Morgan fingerprint density at radius 1 is 0.792 bits per heavy atom. The second-order valence-electron chi connectivity index (χ2n) is 14.9. The van der Waals surface area contributed by atoms with E-state index in [4.69, 9.17) is 0 Å². The summed E-state index contributed by atoms with van der Waals surface area (Å²) in [6.07, 6.45) is 31.9. The predicted molar refractivity (Wildman–Crippen MR) is 206 cm³/mol. The maximum atomic E-state index is 2.81. The fourth-order valence-corrected chi connectivity index (χ4v) is 8.81. The molecule has 4 atom stereocenters. The highest BCUT2D eigenvalue weighted by Gasteiger charge is 2.42. The first kappa shape index (κ1) is 30.8. The second kappa shape index (κ2) is 12.5. The molecular formula is C46H48N2. The van der Waals surface area contributed by atoms with Crippen LogP contribution in [0.25, 0.3) is 11.6 Å². The van der Waals surface area contributed by atoms with Gasteiger partial charge in [-0.05, 0) is 107 Å². The Bertz CT molecular complexity index is 1870. The van der Waals surface area contributed by atoms with Gasteiger partial charge in [0.1, 0.15) is 0 Å². The smallest absolute Gasteiger partial charge is 0.0517 e. The highest BCUT2D eigenvalue weighted by Crippen LogP contribution is 2.54. The molecule has 3 aromatic rings. The van der Waals surface area contributed by atoms with Crippen LogP contribution in [0.5, 0.6) is 0 Å². The van der Waals surface area contributed by atoms with Crippen LogP contribution in [0.3, 0.4) is 0 Å². The van der Waals surface area contributed by atoms with E-state index in [1.54, 1.807) is 0 Å². The monoisotopic (exact) mass is 628 g/mol. The minimum Gasteiger partial charge on any atom is -0.358 e. The third-order valence-electron chi connectivity index (χ3n) is 11.3. The van der Waals surface area contributed by atoms with Crippen molar-refractivity contribution in [2.75, 3.05) is 9.80 Å². The summed E-state index contributed by atoms with van der Waals surface area (Å²) in [7, 11) is 0. The van der Waals surface area contributed by atoms with Crippen molar-refractivity contribution in [2.45, 2.75) is 77.3 Å². The van der Waals surface area contributed by atoms with E-state index in [-0.39, 0.29) is 5.41 Å². The van der Waals surface area contributed by atoms with Crippen molar-refractivity contribution >= 4 is 28.7 Å². The molecule has 0 saturated carbocycles. The number of nitrogens with zero attached hydrogens (tertiary/aromatic N) is 2. The number of para-hydroxylation sites is 2. The van der Waals surface area contributed by atoms with Gasteiger partial charge in [-0.25, -0.2) is 0 Å². The van der Waals surface area contributed by atoms with Gasteiger partial charge in [-0.3, -0.25) is 0 Å². The Hall–Kier alpha value is -4.56. The Kier molecular flexibility index (Phi) is 7.99. The van der Waals surface area contributed by atoms with Gasteiger partial charge in [0.05, 0.1) is 12.1 Å². The zero-order valence-corrected chi connectivity index (χ0v) is 28.9. The van der Waals surface area contributed by atoms with Gasteiger partial charge in [0.15, 0.2) is 0 Å². The molecule has 4 unspecified atom stereocenters. The van der Waals surface area contributed by atoms with Gasteiger partial charge in [0, 0.05) is 34.6 Å². The molecule has 0 aromatic heterocycles. The SMILES string of the molecule is CC1C=Cc2c(c(N(C3C=CC=CC3)C3C=CCCC3C)cc3c2C2=C(C=C(N(c4ccccc4)c4ccccc4)CC=C2)C3(C)C)C1. The maximum Gasteiger partial charge on any atom is 0.0517 e. The summed E-state index contributed by atoms with van der Waals surface area (Å²) in [5.41, 5.74) is 13.7. The van der Waals surface area contributed by atoms with Gasteiger partial charge in [-0.1, -0.05) is 125 Å². The van der Waals surface area contributed by atoms with Gasteiger partial charge in [0.2, 0.25) is 0 Å². The van der Waals surface area contributed by atoms with Crippen LogP contribution in [-0.2, 0) is 11.8 Å². The van der Waals surface area contributed by atoms with Crippen LogP contribution >= 0.6 is 0 Å². The van der Waals surface area contributed by atoms with E-state index in [0.717, 1.165) is 19.3 Å². The molecule has 0 aliphatic heterocycles. The average Bonchev–Trinajstić information content (AvgIpc) is 3.22. The fraction of sp³-hybridized carbons (Fsp3) is 0.304. The first-order valence-electron chi connectivity index (χ1n) is 18.1. The van der Waals surface area contributed by atoms with Gasteiger partial charge < -0.3 is 9.80 Å². The average molecular weight is 629 g/mol. The second-order valence-corrected chi connectivity index (χ2v) is 14.9. The molecule has 8 rings (SSSR count). The number of anilines is 3. The molecule has 0 radical (unpaired) electrons. The highest BCUT2D eigenvalue weighted by molar-refractivity contribution is 5.95. The topological polar surface area (TPSA) is 6.48 Å². The van der Waals surface area contributed by atoms with Crippen molar-refractivity contribution in [2.24, 2.45) is 11.8 Å². The molecule has 0 spiro atoms. The number of hydrogen-bond donors (Lipinski definition) is 0. The lowest BCUT2D eigenvalue weighted by Crippen LogP contribution is -2.46. The summed E-state index contributed by atoms with van der Waals surface area (Å²) in [4.78, 5) is 5.26. The van der Waals surface area contributed by atoms with Crippen molar-refractivity contribution in [1.82, 2.24) is 0 Å². The molecule has 0 saturated heterocycles. The third kappa shape index (κ3) is 5.27. The van der Waals surface area contributed by atoms with E-state index in [9.17, 15) is 0 Å².